The minimum absolute atomic E-state index is 0.378. The average Bonchev–Trinajstić information content (AvgIpc) is 2.71. The number of carbonyl (C=O) groups is 2. The molecule has 0 aliphatic rings. The molecule has 0 radical (unpaired) electrons. The first-order chi connectivity index (χ1) is 8.54. The van der Waals surface area contributed by atoms with Crippen LogP contribution >= 0.6 is 27.3 Å². The maximum atomic E-state index is 11.5. The summed E-state index contributed by atoms with van der Waals surface area (Å²) in [6.45, 7) is 2.25. The summed E-state index contributed by atoms with van der Waals surface area (Å²) in [5.41, 5.74) is 0. The van der Waals surface area contributed by atoms with Gasteiger partial charge in [0.25, 0.3) is 0 Å². The molecule has 0 aromatic carbocycles. The number of aliphatic carboxylic acids is 1. The molecular weight excluding hydrogens is 320 g/mol. The van der Waals surface area contributed by atoms with E-state index in [9.17, 15) is 9.59 Å². The Hall–Kier alpha value is -1.08. The minimum Gasteiger partial charge on any atom is -0.480 e. The Morgan fingerprint density at radius 3 is 2.78 bits per heavy atom. The fourth-order valence-corrected chi connectivity index (χ4v) is 2.80. The predicted molar refractivity (Wildman–Crippen MR) is 73.7 cm³/mol. The molecule has 100 valence electrons. The quantitative estimate of drug-likeness (QED) is 0.748. The van der Waals surface area contributed by atoms with E-state index in [4.69, 9.17) is 5.11 Å². The van der Waals surface area contributed by atoms with Gasteiger partial charge in [0, 0.05) is 9.35 Å². The molecular formula is C11H15BrN2O3S. The van der Waals surface area contributed by atoms with Gasteiger partial charge in [0.2, 0.25) is 0 Å². The molecule has 0 unspecified atom stereocenters. The lowest BCUT2D eigenvalue weighted by Crippen LogP contribution is -2.45. The van der Waals surface area contributed by atoms with Crippen molar-refractivity contribution in [2.24, 2.45) is 0 Å². The standard InChI is InChI=1S/C11H15BrN2O3S/c1-2-3-8(10(15)16)14-11(17)13-6-9-7(12)4-5-18-9/h4-5,8H,2-3,6H2,1H3,(H,15,16)(H2,13,14,17)/t8-/m1/s1. The minimum atomic E-state index is -1.01. The number of carboxylic acids is 1. The van der Waals surface area contributed by atoms with Crippen molar-refractivity contribution in [2.75, 3.05) is 0 Å². The van der Waals surface area contributed by atoms with E-state index < -0.39 is 18.0 Å². The Labute approximate surface area is 118 Å². The van der Waals surface area contributed by atoms with E-state index in [2.05, 4.69) is 26.6 Å². The molecule has 0 saturated heterocycles. The molecule has 1 heterocycles. The Morgan fingerprint density at radius 1 is 1.56 bits per heavy atom. The molecule has 0 aliphatic carbocycles. The first kappa shape index (κ1) is 15.0. The topological polar surface area (TPSA) is 78.4 Å². The van der Waals surface area contributed by atoms with Crippen molar-refractivity contribution >= 4 is 39.3 Å². The Kier molecular flexibility index (Phi) is 6.14. The number of carboxylic acid groups (broad SMARTS) is 1. The van der Waals surface area contributed by atoms with E-state index in [0.717, 1.165) is 9.35 Å². The van der Waals surface area contributed by atoms with E-state index in [-0.39, 0.29) is 0 Å². The number of halogens is 1. The highest BCUT2D eigenvalue weighted by molar-refractivity contribution is 9.10. The van der Waals surface area contributed by atoms with Crippen LogP contribution in [0.25, 0.3) is 0 Å². The molecule has 1 aromatic rings. The number of hydrogen-bond acceptors (Lipinski definition) is 3. The van der Waals surface area contributed by atoms with Crippen molar-refractivity contribution in [1.82, 2.24) is 10.6 Å². The van der Waals surface area contributed by atoms with Gasteiger partial charge in [0.1, 0.15) is 6.04 Å². The number of hydrogen-bond donors (Lipinski definition) is 3. The lowest BCUT2D eigenvalue weighted by molar-refractivity contribution is -0.139. The third-order valence-electron chi connectivity index (χ3n) is 2.28. The Morgan fingerprint density at radius 2 is 2.28 bits per heavy atom. The maximum Gasteiger partial charge on any atom is 0.326 e. The van der Waals surface area contributed by atoms with Gasteiger partial charge in [-0.15, -0.1) is 11.3 Å². The number of urea groups is 1. The van der Waals surface area contributed by atoms with Gasteiger partial charge in [-0.2, -0.15) is 0 Å². The van der Waals surface area contributed by atoms with Crippen molar-refractivity contribution < 1.29 is 14.7 Å². The second-order valence-corrected chi connectivity index (χ2v) is 5.55. The van der Waals surface area contributed by atoms with Gasteiger partial charge in [-0.05, 0) is 33.8 Å². The zero-order valence-electron chi connectivity index (χ0n) is 9.90. The van der Waals surface area contributed by atoms with E-state index in [1.165, 1.54) is 11.3 Å². The lowest BCUT2D eigenvalue weighted by Gasteiger charge is -2.14. The number of carbonyl (C=O) groups excluding carboxylic acids is 1. The summed E-state index contributed by atoms with van der Waals surface area (Å²) in [6, 6.07) is 0.606. The SMILES string of the molecule is CCC[C@@H](NC(=O)NCc1sccc1Br)C(=O)O. The zero-order valence-corrected chi connectivity index (χ0v) is 12.3. The zero-order chi connectivity index (χ0) is 13.5. The lowest BCUT2D eigenvalue weighted by atomic mass is 10.2. The van der Waals surface area contributed by atoms with Gasteiger partial charge in [-0.1, -0.05) is 13.3 Å². The van der Waals surface area contributed by atoms with Crippen LogP contribution in [0.3, 0.4) is 0 Å². The van der Waals surface area contributed by atoms with E-state index >= 15 is 0 Å². The molecule has 18 heavy (non-hydrogen) atoms. The fourth-order valence-electron chi connectivity index (χ4n) is 1.37. The summed E-state index contributed by atoms with van der Waals surface area (Å²) in [4.78, 5) is 23.4. The highest BCUT2D eigenvalue weighted by Crippen LogP contribution is 2.21. The number of amides is 2. The van der Waals surface area contributed by atoms with Crippen LogP contribution in [0.1, 0.15) is 24.6 Å². The van der Waals surface area contributed by atoms with Gasteiger partial charge in [0.05, 0.1) is 6.54 Å². The summed E-state index contributed by atoms with van der Waals surface area (Å²) in [5, 5.41) is 15.9. The molecule has 0 spiro atoms. The number of thiophene rings is 1. The molecule has 2 amide bonds. The van der Waals surface area contributed by atoms with Gasteiger partial charge < -0.3 is 15.7 Å². The molecule has 1 rings (SSSR count). The van der Waals surface area contributed by atoms with E-state index in [1.54, 1.807) is 0 Å². The van der Waals surface area contributed by atoms with Gasteiger partial charge >= 0.3 is 12.0 Å². The van der Waals surface area contributed by atoms with Gasteiger partial charge in [0.15, 0.2) is 0 Å². The fraction of sp³-hybridized carbons (Fsp3) is 0.455. The molecule has 1 atom stereocenters. The second kappa shape index (κ2) is 7.38. The van der Waals surface area contributed by atoms with Crippen molar-refractivity contribution in [3.63, 3.8) is 0 Å². The highest BCUT2D eigenvalue weighted by atomic mass is 79.9. The molecule has 0 bridgehead atoms. The molecule has 0 aliphatic heterocycles. The summed E-state index contributed by atoms with van der Waals surface area (Å²) >= 11 is 4.88. The number of nitrogens with one attached hydrogen (secondary N) is 2. The van der Waals surface area contributed by atoms with Crippen LogP contribution in [0, 0.1) is 0 Å². The summed E-state index contributed by atoms with van der Waals surface area (Å²) in [5.74, 6) is -1.01. The highest BCUT2D eigenvalue weighted by Gasteiger charge is 2.18. The van der Waals surface area contributed by atoms with Crippen LogP contribution in [0.2, 0.25) is 0 Å². The van der Waals surface area contributed by atoms with Crippen LogP contribution in [0.15, 0.2) is 15.9 Å². The van der Waals surface area contributed by atoms with Crippen LogP contribution in [-0.2, 0) is 11.3 Å². The van der Waals surface area contributed by atoms with Gasteiger partial charge in [-0.25, -0.2) is 9.59 Å². The van der Waals surface area contributed by atoms with Crippen molar-refractivity contribution in [2.45, 2.75) is 32.4 Å². The van der Waals surface area contributed by atoms with E-state index in [0.29, 0.717) is 19.4 Å². The van der Waals surface area contributed by atoms with E-state index in [1.807, 2.05) is 18.4 Å². The third-order valence-corrected chi connectivity index (χ3v) is 4.21. The monoisotopic (exact) mass is 334 g/mol. The first-order valence-electron chi connectivity index (χ1n) is 5.53. The normalized spacial score (nSPS) is 11.9. The maximum absolute atomic E-state index is 11.5. The van der Waals surface area contributed by atoms with Crippen molar-refractivity contribution in [3.8, 4) is 0 Å². The summed E-state index contributed by atoms with van der Waals surface area (Å²) in [6.07, 6.45) is 1.12. The van der Waals surface area contributed by atoms with Crippen LogP contribution in [0.4, 0.5) is 4.79 Å². The molecule has 5 nitrogen and oxygen atoms in total. The molecule has 1 aromatic heterocycles. The number of rotatable bonds is 6. The van der Waals surface area contributed by atoms with Crippen LogP contribution < -0.4 is 10.6 Å². The second-order valence-electron chi connectivity index (χ2n) is 3.70. The average molecular weight is 335 g/mol. The summed E-state index contributed by atoms with van der Waals surface area (Å²) in [7, 11) is 0. The first-order valence-corrected chi connectivity index (χ1v) is 7.21. The Bertz CT molecular complexity index is 422. The third kappa shape index (κ3) is 4.66. The van der Waals surface area contributed by atoms with Crippen LogP contribution in [0.5, 0.6) is 0 Å². The summed E-state index contributed by atoms with van der Waals surface area (Å²) < 4.78 is 0.941. The largest absolute Gasteiger partial charge is 0.480 e. The van der Waals surface area contributed by atoms with Gasteiger partial charge in [-0.3, -0.25) is 0 Å². The molecule has 0 saturated carbocycles. The smallest absolute Gasteiger partial charge is 0.326 e. The molecule has 0 fully saturated rings. The van der Waals surface area contributed by atoms with Crippen molar-refractivity contribution in [3.05, 3.63) is 20.8 Å². The Balaban J connectivity index is 2.41. The molecule has 7 heteroatoms. The van der Waals surface area contributed by atoms with Crippen molar-refractivity contribution in [1.29, 1.82) is 0 Å². The van der Waals surface area contributed by atoms with Crippen LogP contribution in [-0.4, -0.2) is 23.1 Å². The molecule has 3 N–H and O–H groups in total. The predicted octanol–water partition coefficient (Wildman–Crippen LogP) is 2.56.